The number of rotatable bonds is 2. The highest BCUT2D eigenvalue weighted by Gasteiger charge is 2.35. The van der Waals surface area contributed by atoms with E-state index in [4.69, 9.17) is 0 Å². The van der Waals surface area contributed by atoms with Gasteiger partial charge in [0.25, 0.3) is 0 Å². The van der Waals surface area contributed by atoms with Gasteiger partial charge >= 0.3 is 12.1 Å². The zero-order valence-corrected chi connectivity index (χ0v) is 11.3. The molecule has 1 atom stereocenters. The van der Waals surface area contributed by atoms with Crippen molar-refractivity contribution in [1.82, 2.24) is 9.78 Å². The first-order chi connectivity index (χ1) is 10.5. The maximum absolute atomic E-state index is 13.0. The molecule has 8 heteroatoms. The van der Waals surface area contributed by atoms with Gasteiger partial charge in [0.15, 0.2) is 0 Å². The Bertz CT molecular complexity index is 741. The second-order valence-corrected chi connectivity index (χ2v) is 5.00. The molecule has 3 rings (SSSR count). The Morgan fingerprint density at radius 3 is 2.50 bits per heavy atom. The van der Waals surface area contributed by atoms with Crippen molar-refractivity contribution in [3.05, 3.63) is 42.0 Å². The Balaban J connectivity index is 2.08. The monoisotopic (exact) mass is 305 g/mol. The van der Waals surface area contributed by atoms with E-state index in [1.807, 2.05) is 0 Å². The largest absolute Gasteiger partial charge is 0.481 e. The molecule has 2 aromatic rings. The second-order valence-electron chi connectivity index (χ2n) is 5.00. The number of hydrogen-bond donors (Lipinski definition) is 2. The van der Waals surface area contributed by atoms with E-state index in [2.05, 4.69) is 5.10 Å². The first-order valence-corrected chi connectivity index (χ1v) is 6.53. The van der Waals surface area contributed by atoms with Crippen LogP contribution in [0.1, 0.15) is 5.69 Å². The van der Waals surface area contributed by atoms with Gasteiger partial charge in [-0.2, -0.15) is 5.10 Å². The molecular formula is C14H12FN3O4. The maximum atomic E-state index is 13.0. The third-order valence-electron chi connectivity index (χ3n) is 3.63. The fourth-order valence-electron chi connectivity index (χ4n) is 2.55. The van der Waals surface area contributed by atoms with E-state index in [1.54, 1.807) is 0 Å². The first kappa shape index (κ1) is 14.1. The molecule has 7 nitrogen and oxygen atoms in total. The van der Waals surface area contributed by atoms with Crippen molar-refractivity contribution in [2.75, 3.05) is 11.4 Å². The predicted octanol–water partition coefficient (Wildman–Crippen LogP) is 1.75. The summed E-state index contributed by atoms with van der Waals surface area (Å²) in [5, 5.41) is 22.6. The molecule has 2 N–H and O–H groups in total. The Kier molecular flexibility index (Phi) is 3.28. The molecule has 1 amide bonds. The molecule has 0 saturated carbocycles. The van der Waals surface area contributed by atoms with Crippen molar-refractivity contribution in [2.24, 2.45) is 5.92 Å². The van der Waals surface area contributed by atoms with Gasteiger partial charge in [0.1, 0.15) is 5.82 Å². The maximum Gasteiger partial charge on any atom is 0.411 e. The molecule has 0 saturated heterocycles. The van der Waals surface area contributed by atoms with E-state index in [1.165, 1.54) is 35.1 Å². The normalized spacial score (nSPS) is 17.1. The minimum absolute atomic E-state index is 0.118. The van der Waals surface area contributed by atoms with Crippen LogP contribution in [0.4, 0.5) is 14.9 Å². The Morgan fingerprint density at radius 2 is 1.91 bits per heavy atom. The molecule has 1 aliphatic heterocycles. The quantitative estimate of drug-likeness (QED) is 0.881. The minimum atomic E-state index is -1.23. The lowest BCUT2D eigenvalue weighted by Gasteiger charge is -2.28. The number of carbonyl (C=O) groups is 2. The van der Waals surface area contributed by atoms with E-state index in [-0.39, 0.29) is 13.0 Å². The third kappa shape index (κ3) is 2.28. The molecule has 2 heterocycles. The predicted molar refractivity (Wildman–Crippen MR) is 73.7 cm³/mol. The van der Waals surface area contributed by atoms with E-state index in [0.717, 1.165) is 4.90 Å². The van der Waals surface area contributed by atoms with Gasteiger partial charge in [0, 0.05) is 13.0 Å². The Morgan fingerprint density at radius 1 is 1.23 bits per heavy atom. The molecule has 1 unspecified atom stereocenters. The number of amides is 1. The SMILES string of the molecule is O=C(O)C1Cc2c(cnn2-c2ccc(F)cc2)N(C(=O)O)C1. The standard InChI is InChI=1S/C14H12FN3O4/c15-9-1-3-10(4-2-9)18-11-5-8(13(19)20)7-17(14(21)22)12(11)6-16-18/h1-4,6,8H,5,7H2,(H,19,20)(H,21,22). The molecule has 0 bridgehead atoms. The van der Waals surface area contributed by atoms with Crippen LogP contribution in [-0.2, 0) is 11.2 Å². The number of fused-ring (bicyclic) bond motifs is 1. The molecule has 0 radical (unpaired) electrons. The van der Waals surface area contributed by atoms with Crippen LogP contribution in [0.2, 0.25) is 0 Å². The van der Waals surface area contributed by atoms with Crippen LogP contribution >= 0.6 is 0 Å². The third-order valence-corrected chi connectivity index (χ3v) is 3.63. The summed E-state index contributed by atoms with van der Waals surface area (Å²) in [6.45, 7) is -0.118. The summed E-state index contributed by atoms with van der Waals surface area (Å²) in [5.74, 6) is -2.32. The number of aliphatic carboxylic acids is 1. The zero-order valence-electron chi connectivity index (χ0n) is 11.3. The fraction of sp³-hybridized carbons (Fsp3) is 0.214. The summed E-state index contributed by atoms with van der Waals surface area (Å²) in [7, 11) is 0. The molecule has 0 spiro atoms. The lowest BCUT2D eigenvalue weighted by atomic mass is 9.97. The number of carboxylic acids is 1. The number of halogens is 1. The summed E-state index contributed by atoms with van der Waals surface area (Å²) < 4.78 is 14.5. The lowest BCUT2D eigenvalue weighted by Crippen LogP contribution is -2.42. The van der Waals surface area contributed by atoms with Crippen molar-refractivity contribution < 1.29 is 24.2 Å². The summed E-state index contributed by atoms with van der Waals surface area (Å²) in [4.78, 5) is 23.5. The average molecular weight is 305 g/mol. The summed E-state index contributed by atoms with van der Waals surface area (Å²) in [6, 6.07) is 5.52. The highest BCUT2D eigenvalue weighted by molar-refractivity contribution is 5.89. The summed E-state index contributed by atoms with van der Waals surface area (Å²) >= 11 is 0. The molecule has 0 fully saturated rings. The number of aromatic nitrogens is 2. The Labute approximate surface area is 124 Å². The molecule has 1 aromatic heterocycles. The second kappa shape index (κ2) is 5.14. The van der Waals surface area contributed by atoms with Crippen LogP contribution in [0.25, 0.3) is 5.69 Å². The summed E-state index contributed by atoms with van der Waals surface area (Å²) in [6.07, 6.45) is 0.308. The molecule has 1 aliphatic rings. The van der Waals surface area contributed by atoms with Gasteiger partial charge in [-0.25, -0.2) is 13.9 Å². The van der Waals surface area contributed by atoms with E-state index in [9.17, 15) is 24.2 Å². The van der Waals surface area contributed by atoms with Crippen molar-refractivity contribution in [1.29, 1.82) is 0 Å². The van der Waals surface area contributed by atoms with Crippen LogP contribution in [-0.4, -0.2) is 38.6 Å². The molecular weight excluding hydrogens is 293 g/mol. The number of hydrogen-bond acceptors (Lipinski definition) is 3. The minimum Gasteiger partial charge on any atom is -0.481 e. The molecule has 0 aliphatic carbocycles. The number of benzene rings is 1. The van der Waals surface area contributed by atoms with Crippen molar-refractivity contribution in [2.45, 2.75) is 6.42 Å². The van der Waals surface area contributed by atoms with Crippen LogP contribution in [0.3, 0.4) is 0 Å². The fourth-order valence-corrected chi connectivity index (χ4v) is 2.55. The molecule has 114 valence electrons. The highest BCUT2D eigenvalue weighted by Crippen LogP contribution is 2.31. The highest BCUT2D eigenvalue weighted by atomic mass is 19.1. The van der Waals surface area contributed by atoms with E-state index in [0.29, 0.717) is 17.1 Å². The van der Waals surface area contributed by atoms with Crippen molar-refractivity contribution in [3.63, 3.8) is 0 Å². The summed E-state index contributed by atoms with van der Waals surface area (Å²) in [5.41, 5.74) is 1.38. The van der Waals surface area contributed by atoms with E-state index < -0.39 is 23.8 Å². The smallest absolute Gasteiger partial charge is 0.411 e. The number of carboxylic acid groups (broad SMARTS) is 2. The van der Waals surface area contributed by atoms with Crippen LogP contribution in [0, 0.1) is 11.7 Å². The van der Waals surface area contributed by atoms with Gasteiger partial charge in [0.05, 0.1) is 29.2 Å². The Hall–Kier alpha value is -2.90. The van der Waals surface area contributed by atoms with Crippen LogP contribution in [0.5, 0.6) is 0 Å². The van der Waals surface area contributed by atoms with Crippen molar-refractivity contribution in [3.8, 4) is 5.69 Å². The van der Waals surface area contributed by atoms with Gasteiger partial charge in [0.2, 0.25) is 0 Å². The van der Waals surface area contributed by atoms with Gasteiger partial charge in [-0.15, -0.1) is 0 Å². The topological polar surface area (TPSA) is 95.7 Å². The first-order valence-electron chi connectivity index (χ1n) is 6.53. The van der Waals surface area contributed by atoms with Gasteiger partial charge in [-0.3, -0.25) is 9.69 Å². The molecule has 22 heavy (non-hydrogen) atoms. The van der Waals surface area contributed by atoms with E-state index >= 15 is 0 Å². The van der Waals surface area contributed by atoms with Gasteiger partial charge in [-0.1, -0.05) is 0 Å². The number of nitrogens with zero attached hydrogens (tertiary/aromatic N) is 3. The number of anilines is 1. The van der Waals surface area contributed by atoms with Gasteiger partial charge in [-0.05, 0) is 24.3 Å². The zero-order chi connectivity index (χ0) is 15.9. The lowest BCUT2D eigenvalue weighted by molar-refractivity contribution is -0.141. The van der Waals surface area contributed by atoms with Crippen LogP contribution in [0.15, 0.2) is 30.5 Å². The van der Waals surface area contributed by atoms with Crippen molar-refractivity contribution >= 4 is 17.7 Å². The van der Waals surface area contributed by atoms with Gasteiger partial charge < -0.3 is 10.2 Å². The molecule has 1 aromatic carbocycles. The average Bonchev–Trinajstić information content (AvgIpc) is 2.90. The van der Waals surface area contributed by atoms with Crippen LogP contribution < -0.4 is 4.90 Å².